The van der Waals surface area contributed by atoms with E-state index in [-0.39, 0.29) is 0 Å². The first-order valence-corrected chi connectivity index (χ1v) is 3.32. The van der Waals surface area contributed by atoms with Gasteiger partial charge >= 0.3 is 0 Å². The van der Waals surface area contributed by atoms with E-state index in [2.05, 4.69) is 4.98 Å². The third-order valence-corrected chi connectivity index (χ3v) is 1.48. The van der Waals surface area contributed by atoms with E-state index in [0.717, 1.165) is 6.20 Å². The minimum atomic E-state index is -0.397. The summed E-state index contributed by atoms with van der Waals surface area (Å²) >= 11 is 0. The molecule has 0 spiro atoms. The fourth-order valence-electron chi connectivity index (χ4n) is 0.917. The molecule has 11 heavy (non-hydrogen) atoms. The largest absolute Gasteiger partial charge is 0.260 e. The van der Waals surface area contributed by atoms with Gasteiger partial charge in [-0.1, -0.05) is 6.92 Å². The molecule has 0 aromatic carbocycles. The number of aromatic nitrogens is 1. The fraction of sp³-hybridized carbons (Fsp3) is 0.250. The van der Waals surface area contributed by atoms with Crippen molar-refractivity contribution in [2.75, 3.05) is 0 Å². The lowest BCUT2D eigenvalue weighted by Gasteiger charge is -1.98. The number of rotatable bonds is 1. The summed E-state index contributed by atoms with van der Waals surface area (Å²) in [5, 5.41) is 8.52. The molecule has 0 aliphatic heterocycles. The zero-order chi connectivity index (χ0) is 8.27. The normalized spacial score (nSPS) is 9.18. The van der Waals surface area contributed by atoms with Crippen molar-refractivity contribution >= 4 is 0 Å². The number of halogens is 1. The van der Waals surface area contributed by atoms with Crippen LogP contribution < -0.4 is 0 Å². The summed E-state index contributed by atoms with van der Waals surface area (Å²) in [6.07, 6.45) is 3.03. The third kappa shape index (κ3) is 1.35. The quantitative estimate of drug-likeness (QED) is 0.610. The summed E-state index contributed by atoms with van der Waals surface area (Å²) < 4.78 is 12.8. The molecule has 1 heterocycles. The van der Waals surface area contributed by atoms with Crippen molar-refractivity contribution in [2.45, 2.75) is 13.3 Å². The van der Waals surface area contributed by atoms with Gasteiger partial charge in [0.25, 0.3) is 0 Å². The molecule has 1 aromatic rings. The van der Waals surface area contributed by atoms with E-state index in [1.165, 1.54) is 6.20 Å². The molecular weight excluding hydrogens is 143 g/mol. The molecule has 0 unspecified atom stereocenters. The first-order valence-electron chi connectivity index (χ1n) is 3.32. The van der Waals surface area contributed by atoms with Crippen molar-refractivity contribution < 1.29 is 4.39 Å². The van der Waals surface area contributed by atoms with Gasteiger partial charge in [0, 0.05) is 11.8 Å². The van der Waals surface area contributed by atoms with Crippen LogP contribution in [0.2, 0.25) is 0 Å². The second-order valence-electron chi connectivity index (χ2n) is 2.11. The van der Waals surface area contributed by atoms with Gasteiger partial charge in [0.2, 0.25) is 0 Å². The average molecular weight is 150 g/mol. The van der Waals surface area contributed by atoms with Gasteiger partial charge in [-0.2, -0.15) is 5.26 Å². The molecule has 0 N–H and O–H groups in total. The lowest BCUT2D eigenvalue weighted by Crippen LogP contribution is -1.93. The monoisotopic (exact) mass is 150 g/mol. The van der Waals surface area contributed by atoms with Gasteiger partial charge in [-0.3, -0.25) is 4.98 Å². The number of nitrogens with zero attached hydrogens (tertiary/aromatic N) is 2. The number of pyridine rings is 1. The van der Waals surface area contributed by atoms with Gasteiger partial charge < -0.3 is 0 Å². The minimum Gasteiger partial charge on any atom is -0.260 e. The third-order valence-electron chi connectivity index (χ3n) is 1.48. The van der Waals surface area contributed by atoms with E-state index in [0.29, 0.717) is 17.5 Å². The number of nitriles is 1. The Morgan fingerprint density at radius 3 is 2.82 bits per heavy atom. The van der Waals surface area contributed by atoms with Crippen molar-refractivity contribution in [3.05, 3.63) is 29.3 Å². The van der Waals surface area contributed by atoms with Crippen LogP contribution in [0.3, 0.4) is 0 Å². The Morgan fingerprint density at radius 2 is 2.36 bits per heavy atom. The van der Waals surface area contributed by atoms with Crippen molar-refractivity contribution in [3.63, 3.8) is 0 Å². The van der Waals surface area contributed by atoms with Crippen molar-refractivity contribution in [2.24, 2.45) is 0 Å². The molecule has 0 fully saturated rings. The van der Waals surface area contributed by atoms with Gasteiger partial charge in [0.1, 0.15) is 11.9 Å². The SMILES string of the molecule is CCc1c(F)cncc1C#N. The van der Waals surface area contributed by atoms with E-state index in [1.54, 1.807) is 6.92 Å². The second kappa shape index (κ2) is 3.11. The number of hydrogen-bond donors (Lipinski definition) is 0. The summed E-state index contributed by atoms with van der Waals surface area (Å²) in [6.45, 7) is 1.80. The molecule has 56 valence electrons. The Bertz CT molecular complexity index is 301. The van der Waals surface area contributed by atoms with Gasteiger partial charge in [-0.15, -0.1) is 0 Å². The van der Waals surface area contributed by atoms with Crippen LogP contribution in [0.1, 0.15) is 18.1 Å². The molecule has 0 amide bonds. The molecule has 0 radical (unpaired) electrons. The summed E-state index contributed by atoms with van der Waals surface area (Å²) in [5.41, 5.74) is 0.773. The maximum Gasteiger partial charge on any atom is 0.145 e. The standard InChI is InChI=1S/C8H7FN2/c1-2-7-6(3-10)4-11-5-8(7)9/h4-5H,2H2,1H3. The van der Waals surface area contributed by atoms with E-state index >= 15 is 0 Å². The molecular formula is C8H7FN2. The smallest absolute Gasteiger partial charge is 0.145 e. The molecule has 0 saturated heterocycles. The van der Waals surface area contributed by atoms with E-state index < -0.39 is 5.82 Å². The van der Waals surface area contributed by atoms with Gasteiger partial charge in [0.05, 0.1) is 11.8 Å². The predicted octanol–water partition coefficient (Wildman–Crippen LogP) is 1.65. The highest BCUT2D eigenvalue weighted by molar-refractivity contribution is 5.35. The first kappa shape index (κ1) is 7.67. The van der Waals surface area contributed by atoms with Gasteiger partial charge in [-0.05, 0) is 6.42 Å². The van der Waals surface area contributed by atoms with Gasteiger partial charge in [-0.25, -0.2) is 4.39 Å². The summed E-state index contributed by atoms with van der Waals surface area (Å²) in [7, 11) is 0. The fourth-order valence-corrected chi connectivity index (χ4v) is 0.917. The van der Waals surface area contributed by atoms with Crippen molar-refractivity contribution in [3.8, 4) is 6.07 Å². The molecule has 0 atom stereocenters. The Balaban J connectivity index is 3.27. The lowest BCUT2D eigenvalue weighted by atomic mass is 10.1. The van der Waals surface area contributed by atoms with Crippen LogP contribution in [0.15, 0.2) is 12.4 Å². The van der Waals surface area contributed by atoms with Crippen LogP contribution in [-0.4, -0.2) is 4.98 Å². The van der Waals surface area contributed by atoms with Crippen LogP contribution in [-0.2, 0) is 6.42 Å². The highest BCUT2D eigenvalue weighted by atomic mass is 19.1. The summed E-state index contributed by atoms with van der Waals surface area (Å²) in [6, 6.07) is 1.88. The maximum atomic E-state index is 12.8. The predicted molar refractivity (Wildman–Crippen MR) is 38.3 cm³/mol. The maximum absolute atomic E-state index is 12.8. The first-order chi connectivity index (χ1) is 5.29. The van der Waals surface area contributed by atoms with Crippen LogP contribution in [0.4, 0.5) is 4.39 Å². The van der Waals surface area contributed by atoms with Crippen LogP contribution >= 0.6 is 0 Å². The average Bonchev–Trinajstić information content (AvgIpc) is 2.04. The Hall–Kier alpha value is -1.43. The summed E-state index contributed by atoms with van der Waals surface area (Å²) in [5.74, 6) is -0.397. The second-order valence-corrected chi connectivity index (χ2v) is 2.11. The van der Waals surface area contributed by atoms with E-state index in [4.69, 9.17) is 5.26 Å². The topological polar surface area (TPSA) is 36.7 Å². The van der Waals surface area contributed by atoms with Gasteiger partial charge in [0.15, 0.2) is 0 Å². The van der Waals surface area contributed by atoms with Crippen LogP contribution in [0, 0.1) is 17.1 Å². The molecule has 0 bridgehead atoms. The molecule has 1 rings (SSSR count). The Labute approximate surface area is 64.3 Å². The highest BCUT2D eigenvalue weighted by Gasteiger charge is 2.04. The Morgan fingerprint density at radius 1 is 1.64 bits per heavy atom. The van der Waals surface area contributed by atoms with Crippen LogP contribution in [0.25, 0.3) is 0 Å². The molecule has 0 aliphatic rings. The number of hydrogen-bond acceptors (Lipinski definition) is 2. The molecule has 3 heteroatoms. The zero-order valence-corrected chi connectivity index (χ0v) is 6.13. The zero-order valence-electron chi connectivity index (χ0n) is 6.13. The molecule has 1 aromatic heterocycles. The van der Waals surface area contributed by atoms with Crippen LogP contribution in [0.5, 0.6) is 0 Å². The molecule has 0 saturated carbocycles. The Kier molecular flexibility index (Phi) is 2.17. The summed E-state index contributed by atoms with van der Waals surface area (Å²) in [4.78, 5) is 3.57. The van der Waals surface area contributed by atoms with Crippen molar-refractivity contribution in [1.29, 1.82) is 5.26 Å². The minimum absolute atomic E-state index is 0.326. The molecule has 0 aliphatic carbocycles. The van der Waals surface area contributed by atoms with E-state index in [1.807, 2.05) is 6.07 Å². The lowest BCUT2D eigenvalue weighted by molar-refractivity contribution is 0.604. The molecule has 2 nitrogen and oxygen atoms in total. The van der Waals surface area contributed by atoms with Crippen molar-refractivity contribution in [1.82, 2.24) is 4.98 Å². The highest BCUT2D eigenvalue weighted by Crippen LogP contribution is 2.10. The van der Waals surface area contributed by atoms with E-state index in [9.17, 15) is 4.39 Å².